The molecule has 0 saturated heterocycles. The van der Waals surface area contributed by atoms with E-state index >= 15 is 0 Å². The third-order valence-electron chi connectivity index (χ3n) is 3.77. The van der Waals surface area contributed by atoms with Gasteiger partial charge in [-0.3, -0.25) is 4.79 Å². The van der Waals surface area contributed by atoms with E-state index in [1.807, 2.05) is 18.2 Å². The van der Waals surface area contributed by atoms with Crippen molar-refractivity contribution in [3.05, 3.63) is 65.0 Å². The van der Waals surface area contributed by atoms with E-state index in [1.165, 1.54) is 17.7 Å². The maximum Gasteiger partial charge on any atom is 0.258 e. The van der Waals surface area contributed by atoms with Gasteiger partial charge in [-0.1, -0.05) is 18.2 Å². The average Bonchev–Trinajstić information content (AvgIpc) is 2.46. The molecule has 102 valence electrons. The number of fused-ring (bicyclic) bond motifs is 1. The highest BCUT2D eigenvalue weighted by atomic mass is 19.1. The summed E-state index contributed by atoms with van der Waals surface area (Å²) in [6, 6.07) is 12.3. The van der Waals surface area contributed by atoms with E-state index in [-0.39, 0.29) is 11.7 Å². The number of carbonyl (C=O) groups is 1. The van der Waals surface area contributed by atoms with Crippen LogP contribution in [0.1, 0.15) is 27.9 Å². The Morgan fingerprint density at radius 3 is 2.80 bits per heavy atom. The smallest absolute Gasteiger partial charge is 0.258 e. The molecule has 3 rings (SSSR count). The maximum absolute atomic E-state index is 13.2. The van der Waals surface area contributed by atoms with E-state index in [4.69, 9.17) is 0 Å². The number of aryl methyl sites for hydroxylation is 2. The first-order chi connectivity index (χ1) is 9.66. The molecule has 0 atom stereocenters. The van der Waals surface area contributed by atoms with Crippen molar-refractivity contribution in [1.82, 2.24) is 0 Å². The zero-order valence-electron chi connectivity index (χ0n) is 11.4. The van der Waals surface area contributed by atoms with Gasteiger partial charge in [0.15, 0.2) is 0 Å². The highest BCUT2D eigenvalue weighted by molar-refractivity contribution is 6.07. The summed E-state index contributed by atoms with van der Waals surface area (Å²) in [6.45, 7) is 2.48. The van der Waals surface area contributed by atoms with E-state index in [0.717, 1.165) is 18.5 Å². The molecule has 0 N–H and O–H groups in total. The van der Waals surface area contributed by atoms with Crippen LogP contribution in [0.15, 0.2) is 42.5 Å². The molecule has 0 spiro atoms. The summed E-state index contributed by atoms with van der Waals surface area (Å²) in [6.07, 6.45) is 1.96. The van der Waals surface area contributed by atoms with Crippen molar-refractivity contribution in [3.8, 4) is 0 Å². The van der Waals surface area contributed by atoms with E-state index in [9.17, 15) is 9.18 Å². The lowest BCUT2D eigenvalue weighted by atomic mass is 10.00. The van der Waals surface area contributed by atoms with Gasteiger partial charge in [0, 0.05) is 17.8 Å². The molecule has 0 saturated carbocycles. The van der Waals surface area contributed by atoms with Gasteiger partial charge in [0.05, 0.1) is 0 Å². The van der Waals surface area contributed by atoms with E-state index in [1.54, 1.807) is 17.9 Å². The third-order valence-corrected chi connectivity index (χ3v) is 3.77. The van der Waals surface area contributed by atoms with Crippen LogP contribution in [0.4, 0.5) is 10.1 Å². The minimum Gasteiger partial charge on any atom is -0.308 e. The molecular weight excluding hydrogens is 253 g/mol. The summed E-state index contributed by atoms with van der Waals surface area (Å²) in [5, 5.41) is 0. The molecular formula is C17H16FNO. The van der Waals surface area contributed by atoms with Crippen LogP contribution in [0.2, 0.25) is 0 Å². The molecule has 2 aromatic carbocycles. The standard InChI is InChI=1S/C17H16FNO/c1-12-11-14(18)8-9-15(12)17(20)19-10-4-6-13-5-2-3-7-16(13)19/h2-3,5,7-9,11H,4,6,10H2,1H3. The summed E-state index contributed by atoms with van der Waals surface area (Å²) in [4.78, 5) is 14.5. The highest BCUT2D eigenvalue weighted by Gasteiger charge is 2.24. The predicted molar refractivity (Wildman–Crippen MR) is 77.6 cm³/mol. The van der Waals surface area contributed by atoms with Crippen LogP contribution in [0, 0.1) is 12.7 Å². The van der Waals surface area contributed by atoms with Crippen LogP contribution in [0.5, 0.6) is 0 Å². The minimum atomic E-state index is -0.307. The van der Waals surface area contributed by atoms with E-state index in [2.05, 4.69) is 6.07 Å². The molecule has 3 heteroatoms. The molecule has 0 aromatic heterocycles. The van der Waals surface area contributed by atoms with Gasteiger partial charge in [-0.15, -0.1) is 0 Å². The van der Waals surface area contributed by atoms with Gasteiger partial charge < -0.3 is 4.90 Å². The van der Waals surface area contributed by atoms with Gasteiger partial charge in [0.2, 0.25) is 0 Å². The molecule has 0 unspecified atom stereocenters. The largest absolute Gasteiger partial charge is 0.308 e. The number of benzene rings is 2. The van der Waals surface area contributed by atoms with Gasteiger partial charge >= 0.3 is 0 Å². The van der Waals surface area contributed by atoms with Crippen LogP contribution in [-0.2, 0) is 6.42 Å². The molecule has 20 heavy (non-hydrogen) atoms. The van der Waals surface area contributed by atoms with Crippen molar-refractivity contribution in [3.63, 3.8) is 0 Å². The molecule has 2 aromatic rings. The molecule has 0 fully saturated rings. The van der Waals surface area contributed by atoms with E-state index in [0.29, 0.717) is 17.7 Å². The Hall–Kier alpha value is -2.16. The number of nitrogens with zero attached hydrogens (tertiary/aromatic N) is 1. The summed E-state index contributed by atoms with van der Waals surface area (Å²) >= 11 is 0. The first-order valence-electron chi connectivity index (χ1n) is 6.83. The lowest BCUT2D eigenvalue weighted by Crippen LogP contribution is -2.35. The Balaban J connectivity index is 2.00. The second-order valence-corrected chi connectivity index (χ2v) is 5.15. The number of carbonyl (C=O) groups excluding carboxylic acids is 1. The van der Waals surface area contributed by atoms with Gasteiger partial charge in [0.25, 0.3) is 5.91 Å². The molecule has 1 amide bonds. The second-order valence-electron chi connectivity index (χ2n) is 5.15. The van der Waals surface area contributed by atoms with Gasteiger partial charge in [-0.2, -0.15) is 0 Å². The van der Waals surface area contributed by atoms with Crippen molar-refractivity contribution in [2.24, 2.45) is 0 Å². The number of para-hydroxylation sites is 1. The Bertz CT molecular complexity index is 666. The van der Waals surface area contributed by atoms with Crippen LogP contribution >= 0.6 is 0 Å². The fourth-order valence-electron chi connectivity index (χ4n) is 2.76. The topological polar surface area (TPSA) is 20.3 Å². The summed E-state index contributed by atoms with van der Waals surface area (Å²) in [7, 11) is 0. The first kappa shape index (κ1) is 12.9. The zero-order valence-corrected chi connectivity index (χ0v) is 11.4. The van der Waals surface area contributed by atoms with Gasteiger partial charge in [0.1, 0.15) is 5.82 Å². The number of amides is 1. The first-order valence-corrected chi connectivity index (χ1v) is 6.83. The monoisotopic (exact) mass is 269 g/mol. The number of hydrogen-bond donors (Lipinski definition) is 0. The van der Waals surface area contributed by atoms with Crippen LogP contribution < -0.4 is 4.90 Å². The Labute approximate surface area is 117 Å². The van der Waals surface area contributed by atoms with Crippen molar-refractivity contribution in [1.29, 1.82) is 0 Å². The molecule has 0 aliphatic carbocycles. The van der Waals surface area contributed by atoms with Crippen molar-refractivity contribution in [2.75, 3.05) is 11.4 Å². The number of hydrogen-bond acceptors (Lipinski definition) is 1. The minimum absolute atomic E-state index is 0.0466. The number of halogens is 1. The zero-order chi connectivity index (χ0) is 14.1. The normalized spacial score (nSPS) is 14.0. The summed E-state index contributed by atoms with van der Waals surface area (Å²) < 4.78 is 13.2. The summed E-state index contributed by atoms with van der Waals surface area (Å²) in [5.74, 6) is -0.354. The van der Waals surface area contributed by atoms with Crippen LogP contribution in [0.25, 0.3) is 0 Å². The van der Waals surface area contributed by atoms with Crippen LogP contribution in [0.3, 0.4) is 0 Å². The molecule has 1 heterocycles. The fraction of sp³-hybridized carbons (Fsp3) is 0.235. The molecule has 1 aliphatic rings. The second kappa shape index (κ2) is 5.08. The van der Waals surface area contributed by atoms with Crippen molar-refractivity contribution >= 4 is 11.6 Å². The Morgan fingerprint density at radius 2 is 2.00 bits per heavy atom. The lowest BCUT2D eigenvalue weighted by Gasteiger charge is -2.30. The number of rotatable bonds is 1. The van der Waals surface area contributed by atoms with Gasteiger partial charge in [-0.25, -0.2) is 4.39 Å². The van der Waals surface area contributed by atoms with Crippen LogP contribution in [-0.4, -0.2) is 12.5 Å². The molecule has 2 nitrogen and oxygen atoms in total. The van der Waals surface area contributed by atoms with Gasteiger partial charge in [-0.05, 0) is 55.2 Å². The SMILES string of the molecule is Cc1cc(F)ccc1C(=O)N1CCCc2ccccc21. The average molecular weight is 269 g/mol. The Morgan fingerprint density at radius 1 is 1.20 bits per heavy atom. The van der Waals surface area contributed by atoms with Crippen molar-refractivity contribution < 1.29 is 9.18 Å². The van der Waals surface area contributed by atoms with E-state index < -0.39 is 0 Å². The quantitative estimate of drug-likeness (QED) is 0.772. The lowest BCUT2D eigenvalue weighted by molar-refractivity contribution is 0.0984. The number of anilines is 1. The summed E-state index contributed by atoms with van der Waals surface area (Å²) in [5.41, 5.74) is 3.43. The highest BCUT2D eigenvalue weighted by Crippen LogP contribution is 2.28. The molecule has 1 aliphatic heterocycles. The third kappa shape index (κ3) is 2.20. The predicted octanol–water partition coefficient (Wildman–Crippen LogP) is 3.73. The fourth-order valence-corrected chi connectivity index (χ4v) is 2.76. The molecule has 0 bridgehead atoms. The Kier molecular flexibility index (Phi) is 3.26. The maximum atomic E-state index is 13.2. The molecule has 0 radical (unpaired) electrons. The van der Waals surface area contributed by atoms with Crippen molar-refractivity contribution in [2.45, 2.75) is 19.8 Å².